The van der Waals surface area contributed by atoms with Crippen LogP contribution in [0.4, 0.5) is 14.6 Å². The monoisotopic (exact) mass is 430 g/mol. The second kappa shape index (κ2) is 8.79. The van der Waals surface area contributed by atoms with Gasteiger partial charge in [0.05, 0.1) is 5.69 Å². The Balaban J connectivity index is 1.93. The fourth-order valence-corrected chi connectivity index (χ4v) is 3.32. The summed E-state index contributed by atoms with van der Waals surface area (Å²) in [5.74, 6) is -2.04. The number of rotatable bonds is 5. The summed E-state index contributed by atoms with van der Waals surface area (Å²) < 4.78 is 28.8. The first-order chi connectivity index (χ1) is 14.1. The van der Waals surface area contributed by atoms with Gasteiger partial charge in [0.25, 0.3) is 5.56 Å². The Morgan fingerprint density at radius 2 is 1.93 bits per heavy atom. The Bertz CT molecular complexity index is 1160. The molecule has 0 aliphatic heterocycles. The standard InChI is InChI=1S/C21H21F2N4O2P/c1-11(2)20-16(13-5-14(22)7-15(30)6-13)8-19(29)27(26-20)10-18(28)25-21-17(23)4-12(3)9-24-21/h4-9,11H,10,30H2,1-3H3,(H,24,25,28). The molecule has 1 unspecified atom stereocenters. The first-order valence-electron chi connectivity index (χ1n) is 9.24. The van der Waals surface area contributed by atoms with Crippen molar-refractivity contribution in [3.8, 4) is 11.1 Å². The van der Waals surface area contributed by atoms with Crippen LogP contribution in [-0.2, 0) is 11.3 Å². The Labute approximate surface area is 174 Å². The summed E-state index contributed by atoms with van der Waals surface area (Å²) in [5.41, 5.74) is 1.65. The molecule has 0 saturated carbocycles. The third-order valence-electron chi connectivity index (χ3n) is 4.33. The van der Waals surface area contributed by atoms with E-state index in [9.17, 15) is 18.4 Å². The van der Waals surface area contributed by atoms with Crippen LogP contribution < -0.4 is 16.2 Å². The molecule has 0 aliphatic carbocycles. The Morgan fingerprint density at radius 1 is 1.20 bits per heavy atom. The summed E-state index contributed by atoms with van der Waals surface area (Å²) >= 11 is 0. The molecule has 1 aromatic carbocycles. The van der Waals surface area contributed by atoms with Crippen molar-refractivity contribution < 1.29 is 13.6 Å². The quantitative estimate of drug-likeness (QED) is 0.631. The zero-order valence-corrected chi connectivity index (χ0v) is 17.9. The molecule has 0 radical (unpaired) electrons. The Morgan fingerprint density at radius 3 is 2.57 bits per heavy atom. The molecule has 0 bridgehead atoms. The summed E-state index contributed by atoms with van der Waals surface area (Å²) in [6, 6.07) is 7.01. The van der Waals surface area contributed by atoms with E-state index in [0.717, 1.165) is 4.68 Å². The van der Waals surface area contributed by atoms with E-state index < -0.39 is 29.6 Å². The van der Waals surface area contributed by atoms with Gasteiger partial charge in [0.2, 0.25) is 5.91 Å². The SMILES string of the molecule is Cc1cnc(NC(=O)Cn2nc(C(C)C)c(-c3cc(F)cc(P)c3)cc2=O)c(F)c1. The summed E-state index contributed by atoms with van der Waals surface area (Å²) in [7, 11) is 2.42. The van der Waals surface area contributed by atoms with Crippen molar-refractivity contribution in [2.45, 2.75) is 33.2 Å². The fourth-order valence-electron chi connectivity index (χ4n) is 2.98. The van der Waals surface area contributed by atoms with Gasteiger partial charge in [-0.15, -0.1) is 9.24 Å². The van der Waals surface area contributed by atoms with E-state index in [2.05, 4.69) is 24.6 Å². The highest BCUT2D eigenvalue weighted by atomic mass is 31.0. The van der Waals surface area contributed by atoms with Crippen LogP contribution in [0, 0.1) is 18.6 Å². The van der Waals surface area contributed by atoms with Crippen LogP contribution in [0.1, 0.15) is 31.0 Å². The number of nitrogens with zero attached hydrogens (tertiary/aromatic N) is 3. The maximum absolute atomic E-state index is 13.9. The summed E-state index contributed by atoms with van der Waals surface area (Å²) in [6.07, 6.45) is 1.42. The maximum Gasteiger partial charge on any atom is 0.267 e. The largest absolute Gasteiger partial charge is 0.307 e. The number of aromatic nitrogens is 3. The van der Waals surface area contributed by atoms with Gasteiger partial charge in [-0.2, -0.15) is 5.10 Å². The van der Waals surface area contributed by atoms with E-state index in [1.54, 1.807) is 13.0 Å². The number of halogens is 2. The predicted molar refractivity (Wildman–Crippen MR) is 115 cm³/mol. The van der Waals surface area contributed by atoms with Crippen LogP contribution in [0.3, 0.4) is 0 Å². The van der Waals surface area contributed by atoms with Crippen molar-refractivity contribution in [2.24, 2.45) is 0 Å². The molecular formula is C21H21F2N4O2P. The van der Waals surface area contributed by atoms with Gasteiger partial charge in [-0.1, -0.05) is 13.8 Å². The summed E-state index contributed by atoms with van der Waals surface area (Å²) in [5, 5.41) is 7.31. The van der Waals surface area contributed by atoms with Crippen LogP contribution in [0.15, 0.2) is 41.3 Å². The molecule has 9 heteroatoms. The van der Waals surface area contributed by atoms with E-state index in [0.29, 0.717) is 27.7 Å². The van der Waals surface area contributed by atoms with Crippen molar-refractivity contribution >= 4 is 26.3 Å². The molecule has 0 saturated heterocycles. The van der Waals surface area contributed by atoms with Crippen molar-refractivity contribution in [1.82, 2.24) is 14.8 Å². The number of nitrogens with one attached hydrogen (secondary N) is 1. The molecule has 2 aromatic heterocycles. The molecule has 1 amide bonds. The minimum absolute atomic E-state index is 0.0950. The first kappa shape index (κ1) is 21.7. The zero-order chi connectivity index (χ0) is 22.0. The summed E-state index contributed by atoms with van der Waals surface area (Å²) in [6.45, 7) is 5.03. The van der Waals surface area contributed by atoms with Gasteiger partial charge >= 0.3 is 0 Å². The molecule has 156 valence electrons. The molecule has 0 aliphatic rings. The van der Waals surface area contributed by atoms with Gasteiger partial charge in [-0.25, -0.2) is 18.4 Å². The lowest BCUT2D eigenvalue weighted by Gasteiger charge is -2.15. The van der Waals surface area contributed by atoms with Crippen molar-refractivity contribution in [3.63, 3.8) is 0 Å². The number of amides is 1. The third-order valence-corrected chi connectivity index (χ3v) is 4.67. The number of anilines is 1. The molecular weight excluding hydrogens is 409 g/mol. The van der Waals surface area contributed by atoms with Crippen molar-refractivity contribution in [3.05, 3.63) is 69.8 Å². The number of hydrogen-bond donors (Lipinski definition) is 1. The maximum atomic E-state index is 13.9. The smallest absolute Gasteiger partial charge is 0.267 e. The Hall–Kier alpha value is -2.99. The third kappa shape index (κ3) is 4.94. The zero-order valence-electron chi connectivity index (χ0n) is 16.7. The average Bonchev–Trinajstić information content (AvgIpc) is 2.64. The van der Waals surface area contributed by atoms with Gasteiger partial charge in [0.15, 0.2) is 11.6 Å². The van der Waals surface area contributed by atoms with E-state index in [-0.39, 0.29) is 11.7 Å². The number of hydrogen-bond acceptors (Lipinski definition) is 4. The second-order valence-corrected chi connectivity index (χ2v) is 7.93. The highest BCUT2D eigenvalue weighted by Gasteiger charge is 2.17. The van der Waals surface area contributed by atoms with Crippen LogP contribution in [0.5, 0.6) is 0 Å². The normalized spacial score (nSPS) is 11.0. The topological polar surface area (TPSA) is 76.9 Å². The number of carbonyl (C=O) groups is 1. The van der Waals surface area contributed by atoms with Gasteiger partial charge in [-0.05, 0) is 53.5 Å². The van der Waals surface area contributed by atoms with Crippen LogP contribution in [-0.4, -0.2) is 20.7 Å². The molecule has 3 aromatic rings. The molecule has 1 N–H and O–H groups in total. The number of aryl methyl sites for hydroxylation is 1. The second-order valence-electron chi connectivity index (χ2n) is 7.26. The van der Waals surface area contributed by atoms with Crippen LogP contribution in [0.2, 0.25) is 0 Å². The minimum atomic E-state index is -0.666. The van der Waals surface area contributed by atoms with E-state index >= 15 is 0 Å². The number of carbonyl (C=O) groups excluding carboxylic acids is 1. The molecule has 0 fully saturated rings. The van der Waals surface area contributed by atoms with Gasteiger partial charge in [0, 0.05) is 17.8 Å². The average molecular weight is 430 g/mol. The molecule has 1 atom stereocenters. The van der Waals surface area contributed by atoms with Crippen molar-refractivity contribution in [2.75, 3.05) is 5.32 Å². The van der Waals surface area contributed by atoms with E-state index in [4.69, 9.17) is 0 Å². The van der Waals surface area contributed by atoms with Gasteiger partial charge in [-0.3, -0.25) is 9.59 Å². The molecule has 30 heavy (non-hydrogen) atoms. The first-order valence-corrected chi connectivity index (χ1v) is 9.82. The van der Waals surface area contributed by atoms with Crippen LogP contribution in [0.25, 0.3) is 11.1 Å². The van der Waals surface area contributed by atoms with E-state index in [1.165, 1.54) is 30.5 Å². The molecule has 2 heterocycles. The predicted octanol–water partition coefficient (Wildman–Crippen LogP) is 3.15. The number of benzene rings is 1. The lowest BCUT2D eigenvalue weighted by atomic mass is 9.98. The molecule has 6 nitrogen and oxygen atoms in total. The Kier molecular flexibility index (Phi) is 6.37. The molecule has 3 rings (SSSR count). The van der Waals surface area contributed by atoms with Crippen molar-refractivity contribution in [1.29, 1.82) is 0 Å². The highest BCUT2D eigenvalue weighted by molar-refractivity contribution is 7.27. The minimum Gasteiger partial charge on any atom is -0.307 e. The van der Waals surface area contributed by atoms with Gasteiger partial charge < -0.3 is 5.32 Å². The summed E-state index contributed by atoms with van der Waals surface area (Å²) in [4.78, 5) is 28.8. The van der Waals surface area contributed by atoms with E-state index in [1.807, 2.05) is 13.8 Å². The van der Waals surface area contributed by atoms with Gasteiger partial charge in [0.1, 0.15) is 12.4 Å². The fraction of sp³-hybridized carbons (Fsp3) is 0.238. The lowest BCUT2D eigenvalue weighted by Crippen LogP contribution is -2.31. The lowest BCUT2D eigenvalue weighted by molar-refractivity contribution is -0.117. The highest BCUT2D eigenvalue weighted by Crippen LogP contribution is 2.26. The molecule has 0 spiro atoms. The van der Waals surface area contributed by atoms with Crippen LogP contribution >= 0.6 is 9.24 Å². The number of pyridine rings is 1.